The average molecular weight is 427 g/mol. The van der Waals surface area contributed by atoms with Crippen LogP contribution in [0.4, 0.5) is 0 Å². The first kappa shape index (κ1) is 24.2. The SMILES string of the molecule is COC(=O)[C@@]12C(=O)C[C@@H](C)C(C)(C)[C@H]1C(=O)C[C@H](OC)[C@H]2O[Si](C)(C)C(C)(C)C. The van der Waals surface area contributed by atoms with E-state index in [2.05, 4.69) is 33.9 Å². The van der Waals surface area contributed by atoms with Crippen molar-refractivity contribution in [1.29, 1.82) is 0 Å². The van der Waals surface area contributed by atoms with Crippen molar-refractivity contribution in [3.63, 3.8) is 0 Å². The molecule has 166 valence electrons. The van der Waals surface area contributed by atoms with Gasteiger partial charge in [-0.2, -0.15) is 0 Å². The lowest BCUT2D eigenvalue weighted by Crippen LogP contribution is -2.72. The van der Waals surface area contributed by atoms with E-state index in [0.717, 1.165) is 0 Å². The van der Waals surface area contributed by atoms with Crippen molar-refractivity contribution in [2.24, 2.45) is 22.7 Å². The molecule has 0 amide bonds. The summed E-state index contributed by atoms with van der Waals surface area (Å²) in [6.07, 6.45) is -1.18. The normalized spacial score (nSPS) is 35.2. The van der Waals surface area contributed by atoms with Gasteiger partial charge in [0.2, 0.25) is 0 Å². The van der Waals surface area contributed by atoms with Gasteiger partial charge in [-0.3, -0.25) is 14.4 Å². The largest absolute Gasteiger partial charge is 0.468 e. The van der Waals surface area contributed by atoms with E-state index in [-0.39, 0.29) is 35.4 Å². The Bertz CT molecular complexity index is 692. The first-order valence-electron chi connectivity index (χ1n) is 10.4. The van der Waals surface area contributed by atoms with Gasteiger partial charge in [-0.25, -0.2) is 0 Å². The second kappa shape index (κ2) is 7.57. The second-order valence-electron chi connectivity index (χ2n) is 10.9. The van der Waals surface area contributed by atoms with Crippen molar-refractivity contribution in [2.75, 3.05) is 14.2 Å². The van der Waals surface area contributed by atoms with Gasteiger partial charge in [-0.1, -0.05) is 41.5 Å². The van der Waals surface area contributed by atoms with Crippen LogP contribution in [-0.2, 0) is 28.3 Å². The van der Waals surface area contributed by atoms with E-state index < -0.39 is 43.2 Å². The molecule has 0 aromatic rings. The zero-order valence-corrected chi connectivity index (χ0v) is 20.7. The molecule has 0 saturated heterocycles. The van der Waals surface area contributed by atoms with Crippen LogP contribution in [0.25, 0.3) is 0 Å². The number of hydrogen-bond acceptors (Lipinski definition) is 6. The summed E-state index contributed by atoms with van der Waals surface area (Å²) in [6, 6.07) is 0. The Hall–Kier alpha value is -1.05. The lowest BCUT2D eigenvalue weighted by Gasteiger charge is -2.59. The highest BCUT2D eigenvalue weighted by Crippen LogP contribution is 2.59. The van der Waals surface area contributed by atoms with Crippen molar-refractivity contribution in [1.82, 2.24) is 0 Å². The summed E-state index contributed by atoms with van der Waals surface area (Å²) in [5, 5.41) is -0.139. The highest BCUT2D eigenvalue weighted by molar-refractivity contribution is 6.74. The maximum absolute atomic E-state index is 13.6. The number of ether oxygens (including phenoxy) is 2. The zero-order valence-electron chi connectivity index (χ0n) is 19.7. The smallest absolute Gasteiger partial charge is 0.322 e. The van der Waals surface area contributed by atoms with Gasteiger partial charge in [0, 0.05) is 25.9 Å². The Kier molecular flexibility index (Phi) is 6.32. The third kappa shape index (κ3) is 3.53. The first-order chi connectivity index (χ1) is 13.1. The van der Waals surface area contributed by atoms with E-state index in [1.807, 2.05) is 20.8 Å². The zero-order chi connectivity index (χ0) is 22.6. The number of carbonyl (C=O) groups excluding carboxylic acids is 3. The summed E-state index contributed by atoms with van der Waals surface area (Å²) < 4.78 is 17.6. The molecule has 29 heavy (non-hydrogen) atoms. The molecular weight excluding hydrogens is 388 g/mol. The highest BCUT2D eigenvalue weighted by atomic mass is 28.4. The molecule has 6 nitrogen and oxygen atoms in total. The molecule has 2 aliphatic rings. The Morgan fingerprint density at radius 2 is 1.66 bits per heavy atom. The number of rotatable bonds is 4. The molecule has 0 bridgehead atoms. The van der Waals surface area contributed by atoms with Crippen molar-refractivity contribution in [3.05, 3.63) is 0 Å². The van der Waals surface area contributed by atoms with Crippen LogP contribution in [0.2, 0.25) is 18.1 Å². The van der Waals surface area contributed by atoms with Gasteiger partial charge in [0.05, 0.1) is 19.3 Å². The van der Waals surface area contributed by atoms with Crippen LogP contribution in [0.3, 0.4) is 0 Å². The molecule has 0 N–H and O–H groups in total. The number of Topliss-reactive ketones (excluding diaryl/α,β-unsaturated/α-hetero) is 2. The van der Waals surface area contributed by atoms with E-state index >= 15 is 0 Å². The Balaban J connectivity index is 2.78. The fourth-order valence-corrected chi connectivity index (χ4v) is 6.16. The van der Waals surface area contributed by atoms with Crippen LogP contribution in [0.15, 0.2) is 0 Å². The topological polar surface area (TPSA) is 78.9 Å². The van der Waals surface area contributed by atoms with Crippen LogP contribution >= 0.6 is 0 Å². The predicted octanol–water partition coefficient (Wildman–Crippen LogP) is 3.78. The minimum atomic E-state index is -2.40. The lowest BCUT2D eigenvalue weighted by molar-refractivity contribution is -0.206. The molecule has 2 fully saturated rings. The average Bonchev–Trinajstić information content (AvgIpc) is 2.58. The summed E-state index contributed by atoms with van der Waals surface area (Å²) in [5.41, 5.74) is -2.22. The molecule has 0 heterocycles. The maximum Gasteiger partial charge on any atom is 0.322 e. The van der Waals surface area contributed by atoms with Crippen LogP contribution < -0.4 is 0 Å². The van der Waals surface area contributed by atoms with Crippen molar-refractivity contribution >= 4 is 25.9 Å². The van der Waals surface area contributed by atoms with Gasteiger partial charge < -0.3 is 13.9 Å². The van der Waals surface area contributed by atoms with Gasteiger partial charge in [-0.15, -0.1) is 0 Å². The lowest BCUT2D eigenvalue weighted by atomic mass is 9.46. The summed E-state index contributed by atoms with van der Waals surface area (Å²) in [6.45, 7) is 16.4. The second-order valence-corrected chi connectivity index (χ2v) is 15.6. The Morgan fingerprint density at radius 3 is 2.10 bits per heavy atom. The molecule has 0 aliphatic heterocycles. The van der Waals surface area contributed by atoms with E-state index in [4.69, 9.17) is 13.9 Å². The quantitative estimate of drug-likeness (QED) is 0.387. The maximum atomic E-state index is 13.6. The van der Waals surface area contributed by atoms with Crippen molar-refractivity contribution < 1.29 is 28.3 Å². The molecule has 0 radical (unpaired) electrons. The number of carbonyl (C=O) groups is 3. The highest BCUT2D eigenvalue weighted by Gasteiger charge is 2.72. The molecular formula is C22H38O6Si. The number of fused-ring (bicyclic) bond motifs is 1. The summed E-state index contributed by atoms with van der Waals surface area (Å²) in [4.78, 5) is 40.3. The number of ketones is 2. The van der Waals surface area contributed by atoms with Gasteiger partial charge in [0.1, 0.15) is 5.78 Å². The number of methoxy groups -OCH3 is 2. The van der Waals surface area contributed by atoms with Crippen LogP contribution in [0.1, 0.15) is 54.4 Å². The van der Waals surface area contributed by atoms with E-state index in [9.17, 15) is 14.4 Å². The predicted molar refractivity (Wildman–Crippen MR) is 113 cm³/mol. The fraction of sp³-hybridized carbons (Fsp3) is 0.864. The minimum Gasteiger partial charge on any atom is -0.468 e. The van der Waals surface area contributed by atoms with Crippen LogP contribution in [-0.4, -0.2) is 52.3 Å². The molecule has 5 atom stereocenters. The molecule has 0 unspecified atom stereocenters. The van der Waals surface area contributed by atoms with Gasteiger partial charge >= 0.3 is 5.97 Å². The van der Waals surface area contributed by atoms with Crippen molar-refractivity contribution in [3.8, 4) is 0 Å². The standard InChI is InChI=1S/C22H38O6Si/c1-13-11-16(24)22(19(25)27-8)17(21(13,5)6)14(23)12-15(26-7)18(22)28-29(9,10)20(2,3)4/h13,15,17-18H,11-12H2,1-10H3/t13-,15+,17-,18-,22+/m1/s1. The van der Waals surface area contributed by atoms with Crippen LogP contribution in [0.5, 0.6) is 0 Å². The Labute approximate surface area is 176 Å². The molecule has 0 aromatic heterocycles. The van der Waals surface area contributed by atoms with E-state index in [0.29, 0.717) is 0 Å². The third-order valence-electron chi connectivity index (χ3n) is 7.99. The van der Waals surface area contributed by atoms with E-state index in [1.54, 1.807) is 0 Å². The molecule has 2 rings (SSSR count). The first-order valence-corrected chi connectivity index (χ1v) is 13.3. The van der Waals surface area contributed by atoms with Crippen molar-refractivity contribution in [2.45, 2.75) is 84.7 Å². The third-order valence-corrected chi connectivity index (χ3v) is 12.4. The summed E-state index contributed by atoms with van der Waals surface area (Å²) in [7, 11) is 0.382. The van der Waals surface area contributed by atoms with Gasteiger partial charge in [0.25, 0.3) is 0 Å². The molecule has 0 aromatic carbocycles. The number of esters is 1. The number of hydrogen-bond donors (Lipinski definition) is 0. The fourth-order valence-electron chi connectivity index (χ4n) is 4.84. The monoisotopic (exact) mass is 426 g/mol. The summed E-state index contributed by atoms with van der Waals surface area (Å²) >= 11 is 0. The Morgan fingerprint density at radius 1 is 1.10 bits per heavy atom. The molecule has 7 heteroatoms. The molecule has 2 aliphatic carbocycles. The summed E-state index contributed by atoms with van der Waals surface area (Å²) in [5.74, 6) is -1.89. The molecule has 2 saturated carbocycles. The molecule has 0 spiro atoms. The minimum absolute atomic E-state index is 0.0330. The van der Waals surface area contributed by atoms with E-state index in [1.165, 1.54) is 14.2 Å². The van der Waals surface area contributed by atoms with Crippen LogP contribution in [0, 0.1) is 22.7 Å². The van der Waals surface area contributed by atoms with Gasteiger partial charge in [-0.05, 0) is 29.5 Å². The van der Waals surface area contributed by atoms with Gasteiger partial charge in [0.15, 0.2) is 19.5 Å².